The highest BCUT2D eigenvalue weighted by Crippen LogP contribution is 2.33. The largest absolute Gasteiger partial charge is 0.495 e. The minimum absolute atomic E-state index is 0.0679. The van der Waals surface area contributed by atoms with Crippen LogP contribution in [0.2, 0.25) is 0 Å². The summed E-state index contributed by atoms with van der Waals surface area (Å²) >= 11 is 0. The number of ether oxygens (including phenoxy) is 1. The van der Waals surface area contributed by atoms with E-state index >= 15 is 0 Å². The first-order chi connectivity index (χ1) is 9.60. The first-order valence-corrected chi connectivity index (χ1v) is 6.87. The van der Waals surface area contributed by atoms with E-state index in [-0.39, 0.29) is 24.3 Å². The molecule has 2 aliphatic rings. The summed E-state index contributed by atoms with van der Waals surface area (Å²) in [6.07, 6.45) is 2.11. The Morgan fingerprint density at radius 3 is 2.70 bits per heavy atom. The van der Waals surface area contributed by atoms with Crippen LogP contribution in [0.4, 0.5) is 5.69 Å². The van der Waals surface area contributed by atoms with Crippen LogP contribution in [-0.2, 0) is 9.59 Å². The number of carbonyl (C=O) groups excluding carboxylic acids is 2. The molecule has 1 aromatic rings. The molecule has 1 aliphatic carbocycles. The molecule has 1 heterocycles. The molecule has 1 aromatic carbocycles. The Balaban J connectivity index is 1.80. The van der Waals surface area contributed by atoms with E-state index in [9.17, 15) is 9.59 Å². The highest BCUT2D eigenvalue weighted by Gasteiger charge is 2.46. The van der Waals surface area contributed by atoms with E-state index < -0.39 is 6.04 Å². The van der Waals surface area contributed by atoms with Crippen LogP contribution in [0.1, 0.15) is 24.8 Å². The highest BCUT2D eigenvalue weighted by atomic mass is 16.5. The van der Waals surface area contributed by atoms with Crippen molar-refractivity contribution in [2.75, 3.05) is 12.4 Å². The monoisotopic (exact) mass is 274 g/mol. The maximum Gasteiger partial charge on any atom is 0.252 e. The van der Waals surface area contributed by atoms with Crippen LogP contribution in [-0.4, -0.2) is 35.9 Å². The van der Waals surface area contributed by atoms with Gasteiger partial charge in [0, 0.05) is 6.04 Å². The van der Waals surface area contributed by atoms with Crippen LogP contribution in [0.25, 0.3) is 0 Å². The van der Waals surface area contributed by atoms with E-state index in [0.29, 0.717) is 5.75 Å². The molecule has 1 unspecified atom stereocenters. The standard InChI is InChI=1S/C15H18N2O3/c1-9-3-6-13(20-2)11(7-9)16-12-8-14(18)17(15(12)19)10-4-5-10/h3,6-7,10,12,16H,4-5,8H2,1-2H3. The molecule has 2 fully saturated rings. The molecule has 2 amide bonds. The molecule has 5 nitrogen and oxygen atoms in total. The van der Waals surface area contributed by atoms with E-state index in [0.717, 1.165) is 24.1 Å². The van der Waals surface area contributed by atoms with E-state index in [1.165, 1.54) is 4.90 Å². The van der Waals surface area contributed by atoms with Crippen molar-refractivity contribution in [3.63, 3.8) is 0 Å². The number of rotatable bonds is 4. The van der Waals surface area contributed by atoms with Crippen molar-refractivity contribution < 1.29 is 14.3 Å². The van der Waals surface area contributed by atoms with E-state index in [1.54, 1.807) is 7.11 Å². The molecular weight excluding hydrogens is 256 g/mol. The summed E-state index contributed by atoms with van der Waals surface area (Å²) < 4.78 is 5.29. The zero-order valence-electron chi connectivity index (χ0n) is 11.7. The maximum absolute atomic E-state index is 12.3. The lowest BCUT2D eigenvalue weighted by Crippen LogP contribution is -2.36. The van der Waals surface area contributed by atoms with Gasteiger partial charge in [-0.3, -0.25) is 14.5 Å². The number of hydrogen-bond acceptors (Lipinski definition) is 4. The molecule has 3 rings (SSSR count). The predicted octanol–water partition coefficient (Wildman–Crippen LogP) is 1.71. The number of carbonyl (C=O) groups is 2. The predicted molar refractivity (Wildman–Crippen MR) is 74.6 cm³/mol. The molecule has 1 aliphatic heterocycles. The smallest absolute Gasteiger partial charge is 0.252 e. The lowest BCUT2D eigenvalue weighted by atomic mass is 10.1. The van der Waals surface area contributed by atoms with Gasteiger partial charge in [-0.05, 0) is 37.5 Å². The molecule has 0 aromatic heterocycles. The van der Waals surface area contributed by atoms with Crippen molar-refractivity contribution in [3.8, 4) is 5.75 Å². The second-order valence-electron chi connectivity index (χ2n) is 5.44. The van der Waals surface area contributed by atoms with Gasteiger partial charge in [-0.1, -0.05) is 6.07 Å². The highest BCUT2D eigenvalue weighted by molar-refractivity contribution is 6.07. The molecule has 106 valence electrons. The summed E-state index contributed by atoms with van der Waals surface area (Å²) in [5.41, 5.74) is 1.83. The minimum atomic E-state index is -0.473. The fraction of sp³-hybridized carbons (Fsp3) is 0.467. The molecule has 5 heteroatoms. The fourth-order valence-electron chi connectivity index (χ4n) is 2.60. The first-order valence-electron chi connectivity index (χ1n) is 6.87. The van der Waals surface area contributed by atoms with Crippen molar-refractivity contribution in [2.24, 2.45) is 0 Å². The molecule has 0 radical (unpaired) electrons. The zero-order chi connectivity index (χ0) is 14.3. The van der Waals surface area contributed by atoms with Crippen LogP contribution in [0.3, 0.4) is 0 Å². The van der Waals surface area contributed by atoms with Crippen molar-refractivity contribution >= 4 is 17.5 Å². The van der Waals surface area contributed by atoms with E-state index in [2.05, 4.69) is 5.32 Å². The van der Waals surface area contributed by atoms with Crippen LogP contribution in [0.15, 0.2) is 18.2 Å². The molecule has 1 saturated heterocycles. The lowest BCUT2D eigenvalue weighted by Gasteiger charge is -2.17. The van der Waals surface area contributed by atoms with Gasteiger partial charge in [0.2, 0.25) is 5.91 Å². The quantitative estimate of drug-likeness (QED) is 0.849. The number of benzene rings is 1. The Morgan fingerprint density at radius 1 is 1.30 bits per heavy atom. The zero-order valence-corrected chi connectivity index (χ0v) is 11.7. The molecular formula is C15H18N2O3. The molecule has 0 bridgehead atoms. The average molecular weight is 274 g/mol. The third kappa shape index (κ3) is 2.24. The van der Waals surface area contributed by atoms with Gasteiger partial charge in [-0.15, -0.1) is 0 Å². The molecule has 1 saturated carbocycles. The van der Waals surface area contributed by atoms with Gasteiger partial charge in [-0.25, -0.2) is 0 Å². The van der Waals surface area contributed by atoms with Gasteiger partial charge in [0.25, 0.3) is 5.91 Å². The second kappa shape index (κ2) is 4.81. The third-order valence-electron chi connectivity index (χ3n) is 3.78. The Labute approximate surface area is 117 Å². The number of likely N-dealkylation sites (tertiary alicyclic amines) is 1. The van der Waals surface area contributed by atoms with E-state index in [4.69, 9.17) is 4.74 Å². The maximum atomic E-state index is 12.3. The molecule has 20 heavy (non-hydrogen) atoms. The molecule has 0 spiro atoms. The van der Waals surface area contributed by atoms with Gasteiger partial charge >= 0.3 is 0 Å². The Kier molecular flexibility index (Phi) is 3.12. The number of methoxy groups -OCH3 is 1. The van der Waals surface area contributed by atoms with Crippen molar-refractivity contribution in [2.45, 2.75) is 38.3 Å². The summed E-state index contributed by atoms with van der Waals surface area (Å²) in [6.45, 7) is 1.97. The average Bonchev–Trinajstić information content (AvgIpc) is 3.19. The van der Waals surface area contributed by atoms with Crippen molar-refractivity contribution in [1.82, 2.24) is 4.90 Å². The number of amides is 2. The van der Waals surface area contributed by atoms with Gasteiger partial charge in [0.05, 0.1) is 19.2 Å². The fourth-order valence-corrected chi connectivity index (χ4v) is 2.60. The molecule has 1 N–H and O–H groups in total. The molecule has 1 atom stereocenters. The summed E-state index contributed by atoms with van der Waals surface area (Å²) in [6, 6.07) is 5.40. The summed E-state index contributed by atoms with van der Waals surface area (Å²) in [4.78, 5) is 25.6. The van der Waals surface area contributed by atoms with Gasteiger partial charge < -0.3 is 10.1 Å². The van der Waals surface area contributed by atoms with Crippen molar-refractivity contribution in [1.29, 1.82) is 0 Å². The number of hydrogen-bond donors (Lipinski definition) is 1. The normalized spacial score (nSPS) is 22.3. The van der Waals surface area contributed by atoms with Crippen LogP contribution < -0.4 is 10.1 Å². The SMILES string of the molecule is COc1ccc(C)cc1NC1CC(=O)N(C2CC2)C1=O. The van der Waals surface area contributed by atoms with Crippen LogP contribution in [0.5, 0.6) is 5.75 Å². The van der Waals surface area contributed by atoms with Crippen LogP contribution in [0, 0.1) is 6.92 Å². The lowest BCUT2D eigenvalue weighted by molar-refractivity contribution is -0.139. The van der Waals surface area contributed by atoms with Gasteiger partial charge in [0.1, 0.15) is 11.8 Å². The number of aryl methyl sites for hydroxylation is 1. The summed E-state index contributed by atoms with van der Waals surface area (Å²) in [7, 11) is 1.59. The minimum Gasteiger partial charge on any atom is -0.495 e. The van der Waals surface area contributed by atoms with Crippen LogP contribution >= 0.6 is 0 Å². The topological polar surface area (TPSA) is 58.6 Å². The van der Waals surface area contributed by atoms with Gasteiger partial charge in [0.15, 0.2) is 0 Å². The van der Waals surface area contributed by atoms with E-state index in [1.807, 2.05) is 25.1 Å². The Morgan fingerprint density at radius 2 is 2.05 bits per heavy atom. The third-order valence-corrected chi connectivity index (χ3v) is 3.78. The Hall–Kier alpha value is -2.04. The number of imide groups is 1. The number of nitrogens with one attached hydrogen (secondary N) is 1. The van der Waals surface area contributed by atoms with Gasteiger partial charge in [-0.2, -0.15) is 0 Å². The summed E-state index contributed by atoms with van der Waals surface area (Å²) in [5.74, 6) is 0.503. The first kappa shape index (κ1) is 13.0. The van der Waals surface area contributed by atoms with Crippen molar-refractivity contribution in [3.05, 3.63) is 23.8 Å². The summed E-state index contributed by atoms with van der Waals surface area (Å²) in [5, 5.41) is 3.16. The number of anilines is 1. The number of nitrogens with zero attached hydrogens (tertiary/aromatic N) is 1. The second-order valence-corrected chi connectivity index (χ2v) is 5.44. The Bertz CT molecular complexity index is 566.